The molecule has 20 heavy (non-hydrogen) atoms. The Morgan fingerprint density at radius 3 is 2.60 bits per heavy atom. The van der Waals surface area contributed by atoms with E-state index in [0.29, 0.717) is 28.6 Å². The molecule has 0 aliphatic heterocycles. The molecule has 0 saturated carbocycles. The summed E-state index contributed by atoms with van der Waals surface area (Å²) in [5.41, 5.74) is 9.01. The van der Waals surface area contributed by atoms with Gasteiger partial charge < -0.3 is 5.73 Å². The summed E-state index contributed by atoms with van der Waals surface area (Å²) >= 11 is 6.08. The van der Waals surface area contributed by atoms with Gasteiger partial charge in [0.2, 0.25) is 0 Å². The first-order valence-electron chi connectivity index (χ1n) is 6.65. The fourth-order valence-corrected chi connectivity index (χ4v) is 2.51. The number of carbonyl (C=O) groups is 1. The number of hydrogen-bond donors (Lipinski definition) is 1. The predicted molar refractivity (Wildman–Crippen MR) is 84.4 cm³/mol. The average molecular weight is 288 g/mol. The number of anilines is 1. The van der Waals surface area contributed by atoms with Gasteiger partial charge in [-0.15, -0.1) is 0 Å². The fraction of sp³-hybridized carbons (Fsp3) is 0.235. The predicted octanol–water partition coefficient (Wildman–Crippen LogP) is 4.47. The maximum absolute atomic E-state index is 12.4. The number of benzene rings is 2. The molecule has 2 N–H and O–H groups in total. The maximum atomic E-state index is 12.4. The fourth-order valence-electron chi connectivity index (χ4n) is 2.28. The SMILES string of the molecule is CC(C)c1ccccc1CC(=O)c1cc(N)ccc1Cl. The molecule has 2 nitrogen and oxygen atoms in total. The van der Waals surface area contributed by atoms with Crippen molar-refractivity contribution in [3.05, 3.63) is 64.2 Å². The van der Waals surface area contributed by atoms with Crippen LogP contribution in [0.3, 0.4) is 0 Å². The number of carbonyl (C=O) groups excluding carboxylic acids is 1. The van der Waals surface area contributed by atoms with Gasteiger partial charge >= 0.3 is 0 Å². The highest BCUT2D eigenvalue weighted by molar-refractivity contribution is 6.34. The molecule has 0 saturated heterocycles. The zero-order chi connectivity index (χ0) is 14.7. The lowest BCUT2D eigenvalue weighted by atomic mass is 9.93. The Kier molecular flexibility index (Phi) is 4.46. The lowest BCUT2D eigenvalue weighted by Crippen LogP contribution is -2.08. The summed E-state index contributed by atoms with van der Waals surface area (Å²) in [6.07, 6.45) is 0.345. The van der Waals surface area contributed by atoms with Crippen molar-refractivity contribution in [1.29, 1.82) is 0 Å². The number of Topliss-reactive ketones (excluding diaryl/α,β-unsaturated/α-hetero) is 1. The Hall–Kier alpha value is -1.80. The molecule has 0 spiro atoms. The Morgan fingerprint density at radius 1 is 1.20 bits per heavy atom. The maximum Gasteiger partial charge on any atom is 0.168 e. The van der Waals surface area contributed by atoms with Crippen LogP contribution in [0.1, 0.15) is 41.3 Å². The van der Waals surface area contributed by atoms with Crippen LogP contribution in [0.25, 0.3) is 0 Å². The molecule has 104 valence electrons. The van der Waals surface area contributed by atoms with Crippen molar-refractivity contribution in [3.8, 4) is 0 Å². The van der Waals surface area contributed by atoms with Gasteiger partial charge in [-0.25, -0.2) is 0 Å². The number of ketones is 1. The molecule has 0 bridgehead atoms. The van der Waals surface area contributed by atoms with Gasteiger partial charge in [-0.1, -0.05) is 49.7 Å². The third-order valence-electron chi connectivity index (χ3n) is 3.32. The molecule has 0 radical (unpaired) electrons. The molecule has 3 heteroatoms. The van der Waals surface area contributed by atoms with Crippen molar-refractivity contribution in [2.75, 3.05) is 5.73 Å². The van der Waals surface area contributed by atoms with Crippen LogP contribution < -0.4 is 5.73 Å². The van der Waals surface area contributed by atoms with Crippen LogP contribution in [0, 0.1) is 0 Å². The average Bonchev–Trinajstić information content (AvgIpc) is 2.41. The molecule has 0 unspecified atom stereocenters. The van der Waals surface area contributed by atoms with E-state index in [1.54, 1.807) is 18.2 Å². The van der Waals surface area contributed by atoms with E-state index in [0.717, 1.165) is 5.56 Å². The third-order valence-corrected chi connectivity index (χ3v) is 3.65. The minimum atomic E-state index is -0.00426. The van der Waals surface area contributed by atoms with Gasteiger partial charge in [0.1, 0.15) is 0 Å². The van der Waals surface area contributed by atoms with E-state index in [2.05, 4.69) is 19.9 Å². The molecule has 2 rings (SSSR count). The zero-order valence-corrected chi connectivity index (χ0v) is 12.4. The molecule has 0 atom stereocenters. The first-order chi connectivity index (χ1) is 9.49. The molecule has 0 aliphatic rings. The molecule has 2 aromatic carbocycles. The third kappa shape index (κ3) is 3.20. The summed E-state index contributed by atoms with van der Waals surface area (Å²) in [4.78, 5) is 12.4. The summed E-state index contributed by atoms with van der Waals surface area (Å²) in [6.45, 7) is 4.24. The van der Waals surface area contributed by atoms with E-state index >= 15 is 0 Å². The lowest BCUT2D eigenvalue weighted by molar-refractivity contribution is 0.0993. The highest BCUT2D eigenvalue weighted by Gasteiger charge is 2.14. The van der Waals surface area contributed by atoms with Gasteiger partial charge in [-0.05, 0) is 35.2 Å². The number of hydrogen-bond acceptors (Lipinski definition) is 2. The molecule has 0 aliphatic carbocycles. The number of halogens is 1. The number of nitrogen functional groups attached to an aromatic ring is 1. The highest BCUT2D eigenvalue weighted by atomic mass is 35.5. The molecule has 0 fully saturated rings. The topological polar surface area (TPSA) is 43.1 Å². The lowest BCUT2D eigenvalue weighted by Gasteiger charge is -2.12. The molecular formula is C17H18ClNO. The summed E-state index contributed by atoms with van der Waals surface area (Å²) < 4.78 is 0. The number of nitrogens with two attached hydrogens (primary N) is 1. The van der Waals surface area contributed by atoms with Gasteiger partial charge in [0.25, 0.3) is 0 Å². The number of rotatable bonds is 4. The minimum Gasteiger partial charge on any atom is -0.399 e. The molecule has 0 amide bonds. The summed E-state index contributed by atoms with van der Waals surface area (Å²) in [5.74, 6) is 0.380. The van der Waals surface area contributed by atoms with Crippen molar-refractivity contribution in [2.45, 2.75) is 26.2 Å². The molecule has 0 heterocycles. The van der Waals surface area contributed by atoms with Crippen molar-refractivity contribution in [1.82, 2.24) is 0 Å². The van der Waals surface area contributed by atoms with Crippen molar-refractivity contribution < 1.29 is 4.79 Å². The first-order valence-corrected chi connectivity index (χ1v) is 7.03. The normalized spacial score (nSPS) is 10.8. The second kappa shape index (κ2) is 6.10. The van der Waals surface area contributed by atoms with Gasteiger partial charge in [0, 0.05) is 17.7 Å². The Morgan fingerprint density at radius 2 is 1.90 bits per heavy atom. The molecular weight excluding hydrogens is 270 g/mol. The van der Waals surface area contributed by atoms with E-state index in [-0.39, 0.29) is 5.78 Å². The second-order valence-electron chi connectivity index (χ2n) is 5.19. The standard InChI is InChI=1S/C17H18ClNO/c1-11(2)14-6-4-3-5-12(14)9-17(20)15-10-13(19)7-8-16(15)18/h3-8,10-11H,9,19H2,1-2H3. The minimum absolute atomic E-state index is 0.00426. The Labute approximate surface area is 124 Å². The van der Waals surface area contributed by atoms with E-state index in [1.165, 1.54) is 5.56 Å². The van der Waals surface area contributed by atoms with E-state index in [4.69, 9.17) is 17.3 Å². The van der Waals surface area contributed by atoms with E-state index in [9.17, 15) is 4.79 Å². The van der Waals surface area contributed by atoms with Gasteiger partial charge in [0.05, 0.1) is 5.02 Å². The zero-order valence-electron chi connectivity index (χ0n) is 11.7. The second-order valence-corrected chi connectivity index (χ2v) is 5.60. The van der Waals surface area contributed by atoms with Crippen LogP contribution in [0.4, 0.5) is 5.69 Å². The van der Waals surface area contributed by atoms with Crippen molar-refractivity contribution >= 4 is 23.1 Å². The first kappa shape index (κ1) is 14.6. The van der Waals surface area contributed by atoms with Crippen LogP contribution >= 0.6 is 11.6 Å². The van der Waals surface area contributed by atoms with Crippen LogP contribution in [-0.2, 0) is 6.42 Å². The molecule has 0 aromatic heterocycles. The largest absolute Gasteiger partial charge is 0.399 e. The van der Waals surface area contributed by atoms with Gasteiger partial charge in [-0.3, -0.25) is 4.79 Å². The smallest absolute Gasteiger partial charge is 0.168 e. The van der Waals surface area contributed by atoms with E-state index < -0.39 is 0 Å². The Balaban J connectivity index is 2.31. The summed E-state index contributed by atoms with van der Waals surface area (Å²) in [5, 5.41) is 0.450. The van der Waals surface area contributed by atoms with Crippen LogP contribution in [0.15, 0.2) is 42.5 Å². The van der Waals surface area contributed by atoms with Gasteiger partial charge in [-0.2, -0.15) is 0 Å². The van der Waals surface area contributed by atoms with Crippen molar-refractivity contribution in [2.24, 2.45) is 0 Å². The molecule has 2 aromatic rings. The quantitative estimate of drug-likeness (QED) is 0.666. The van der Waals surface area contributed by atoms with Crippen molar-refractivity contribution in [3.63, 3.8) is 0 Å². The van der Waals surface area contributed by atoms with Crippen LogP contribution in [0.2, 0.25) is 5.02 Å². The van der Waals surface area contributed by atoms with E-state index in [1.807, 2.05) is 18.2 Å². The Bertz CT molecular complexity index is 635. The summed E-state index contributed by atoms with van der Waals surface area (Å²) in [7, 11) is 0. The summed E-state index contributed by atoms with van der Waals surface area (Å²) in [6, 6.07) is 13.0. The van der Waals surface area contributed by atoms with Crippen LogP contribution in [0.5, 0.6) is 0 Å². The van der Waals surface area contributed by atoms with Crippen LogP contribution in [-0.4, -0.2) is 5.78 Å². The monoisotopic (exact) mass is 287 g/mol. The van der Waals surface area contributed by atoms with Gasteiger partial charge in [0.15, 0.2) is 5.78 Å². The highest BCUT2D eigenvalue weighted by Crippen LogP contribution is 2.24.